The van der Waals surface area contributed by atoms with E-state index in [1.165, 1.54) is 6.07 Å². The number of nitrogens with two attached hydrogens (primary N) is 1. The maximum atomic E-state index is 13.8. The highest BCUT2D eigenvalue weighted by Gasteiger charge is 2.29. The summed E-state index contributed by atoms with van der Waals surface area (Å²) >= 11 is 0. The molecule has 1 aromatic heterocycles. The van der Waals surface area contributed by atoms with Crippen LogP contribution >= 0.6 is 0 Å². The Morgan fingerprint density at radius 3 is 3.00 bits per heavy atom. The molecule has 88 valence electrons. The van der Waals surface area contributed by atoms with Crippen molar-refractivity contribution in [1.82, 2.24) is 5.16 Å². The third-order valence-corrected chi connectivity index (χ3v) is 3.38. The second kappa shape index (κ2) is 3.87. The standard InChI is InChI=1S/C13H13FN2O/c14-11-7-2-1-4-8(11)9-5-3-6-10-12(9)16-17-13(10)15/h1-2,4,7,9H,3,5-6,15H2. The quantitative estimate of drug-likeness (QED) is 0.822. The molecule has 2 aromatic rings. The number of nitrogen functional groups attached to an aromatic ring is 1. The molecule has 1 aliphatic rings. The summed E-state index contributed by atoms with van der Waals surface area (Å²) in [5, 5.41) is 3.99. The first-order valence-corrected chi connectivity index (χ1v) is 5.75. The molecule has 1 aromatic carbocycles. The third kappa shape index (κ3) is 1.60. The van der Waals surface area contributed by atoms with Crippen molar-refractivity contribution in [3.05, 3.63) is 46.9 Å². The van der Waals surface area contributed by atoms with E-state index in [1.807, 2.05) is 6.07 Å². The van der Waals surface area contributed by atoms with E-state index in [4.69, 9.17) is 10.3 Å². The molecule has 0 radical (unpaired) electrons. The predicted molar refractivity (Wildman–Crippen MR) is 62.1 cm³/mol. The number of nitrogens with zero attached hydrogens (tertiary/aromatic N) is 1. The SMILES string of the molecule is Nc1onc2c1CCCC2c1ccccc1F. The molecule has 0 bridgehead atoms. The lowest BCUT2D eigenvalue weighted by molar-refractivity contribution is 0.420. The molecule has 4 heteroatoms. The molecule has 0 fully saturated rings. The fourth-order valence-corrected chi connectivity index (χ4v) is 2.54. The van der Waals surface area contributed by atoms with Gasteiger partial charge in [-0.3, -0.25) is 0 Å². The lowest BCUT2D eigenvalue weighted by Gasteiger charge is -2.21. The van der Waals surface area contributed by atoms with E-state index in [0.29, 0.717) is 11.4 Å². The van der Waals surface area contributed by atoms with Crippen LogP contribution in [0.3, 0.4) is 0 Å². The lowest BCUT2D eigenvalue weighted by Crippen LogP contribution is -2.12. The van der Waals surface area contributed by atoms with Gasteiger partial charge in [0, 0.05) is 11.5 Å². The summed E-state index contributed by atoms with van der Waals surface area (Å²) in [4.78, 5) is 0. The van der Waals surface area contributed by atoms with Gasteiger partial charge < -0.3 is 10.3 Å². The first-order valence-electron chi connectivity index (χ1n) is 5.75. The Balaban J connectivity index is 2.09. The number of benzene rings is 1. The molecule has 17 heavy (non-hydrogen) atoms. The van der Waals surface area contributed by atoms with Gasteiger partial charge in [0.25, 0.3) is 0 Å². The number of hydrogen-bond acceptors (Lipinski definition) is 3. The first kappa shape index (κ1) is 10.3. The Labute approximate surface area is 98.4 Å². The maximum Gasteiger partial charge on any atom is 0.225 e. The van der Waals surface area contributed by atoms with Crippen LogP contribution in [-0.4, -0.2) is 5.16 Å². The number of halogens is 1. The maximum absolute atomic E-state index is 13.8. The van der Waals surface area contributed by atoms with Crippen molar-refractivity contribution in [3.63, 3.8) is 0 Å². The van der Waals surface area contributed by atoms with Gasteiger partial charge in [0.1, 0.15) is 5.82 Å². The predicted octanol–water partition coefficient (Wildman–Crippen LogP) is 2.86. The molecule has 0 spiro atoms. The third-order valence-electron chi connectivity index (χ3n) is 3.38. The van der Waals surface area contributed by atoms with Crippen LogP contribution in [0.4, 0.5) is 10.3 Å². The second-order valence-electron chi connectivity index (χ2n) is 4.38. The molecule has 1 unspecified atom stereocenters. The van der Waals surface area contributed by atoms with E-state index in [1.54, 1.807) is 12.1 Å². The lowest BCUT2D eigenvalue weighted by atomic mass is 9.83. The van der Waals surface area contributed by atoms with E-state index in [0.717, 1.165) is 30.5 Å². The van der Waals surface area contributed by atoms with Gasteiger partial charge in [-0.1, -0.05) is 23.4 Å². The average Bonchev–Trinajstić information content (AvgIpc) is 2.72. The van der Waals surface area contributed by atoms with Gasteiger partial charge in [0.2, 0.25) is 5.88 Å². The van der Waals surface area contributed by atoms with Gasteiger partial charge in [-0.15, -0.1) is 0 Å². The summed E-state index contributed by atoms with van der Waals surface area (Å²) in [6, 6.07) is 6.82. The zero-order valence-corrected chi connectivity index (χ0v) is 9.32. The first-order chi connectivity index (χ1) is 8.27. The number of hydrogen-bond donors (Lipinski definition) is 1. The van der Waals surface area contributed by atoms with Crippen molar-refractivity contribution in [2.75, 3.05) is 5.73 Å². The van der Waals surface area contributed by atoms with Gasteiger partial charge in [0.05, 0.1) is 5.69 Å². The van der Waals surface area contributed by atoms with Crippen LogP contribution in [0.5, 0.6) is 0 Å². The fraction of sp³-hybridized carbons (Fsp3) is 0.308. The van der Waals surface area contributed by atoms with Gasteiger partial charge in [0.15, 0.2) is 0 Å². The Hall–Kier alpha value is -1.84. The Kier molecular flexibility index (Phi) is 2.35. The van der Waals surface area contributed by atoms with E-state index >= 15 is 0 Å². The van der Waals surface area contributed by atoms with Crippen molar-refractivity contribution in [2.45, 2.75) is 25.2 Å². The van der Waals surface area contributed by atoms with Crippen molar-refractivity contribution in [2.24, 2.45) is 0 Å². The summed E-state index contributed by atoms with van der Waals surface area (Å²) in [7, 11) is 0. The van der Waals surface area contributed by atoms with Gasteiger partial charge in [-0.25, -0.2) is 4.39 Å². The highest BCUT2D eigenvalue weighted by atomic mass is 19.1. The molecule has 1 heterocycles. The normalized spacial score (nSPS) is 19.0. The minimum Gasteiger partial charge on any atom is -0.367 e. The topological polar surface area (TPSA) is 52.0 Å². The van der Waals surface area contributed by atoms with Crippen LogP contribution in [0.1, 0.15) is 35.6 Å². The van der Waals surface area contributed by atoms with Crippen molar-refractivity contribution in [3.8, 4) is 0 Å². The van der Waals surface area contributed by atoms with Crippen LogP contribution in [0.25, 0.3) is 0 Å². The van der Waals surface area contributed by atoms with E-state index in [2.05, 4.69) is 5.16 Å². The smallest absolute Gasteiger partial charge is 0.225 e. The zero-order valence-electron chi connectivity index (χ0n) is 9.32. The molecule has 0 aliphatic heterocycles. The van der Waals surface area contributed by atoms with Crippen LogP contribution in [0.2, 0.25) is 0 Å². The molecule has 3 rings (SSSR count). The molecule has 0 saturated carbocycles. The Bertz CT molecular complexity index is 550. The highest BCUT2D eigenvalue weighted by molar-refractivity contribution is 5.45. The largest absolute Gasteiger partial charge is 0.367 e. The van der Waals surface area contributed by atoms with Gasteiger partial charge >= 0.3 is 0 Å². The summed E-state index contributed by atoms with van der Waals surface area (Å²) in [5.41, 5.74) is 8.15. The van der Waals surface area contributed by atoms with Crippen LogP contribution < -0.4 is 5.73 Å². The molecule has 2 N–H and O–H groups in total. The molecule has 0 amide bonds. The minimum absolute atomic E-state index is 0.0269. The summed E-state index contributed by atoms with van der Waals surface area (Å²) < 4.78 is 18.8. The number of anilines is 1. The van der Waals surface area contributed by atoms with Gasteiger partial charge in [-0.2, -0.15) is 0 Å². The second-order valence-corrected chi connectivity index (χ2v) is 4.38. The number of rotatable bonds is 1. The summed E-state index contributed by atoms with van der Waals surface area (Å²) in [6.45, 7) is 0. The molecule has 1 atom stereocenters. The highest BCUT2D eigenvalue weighted by Crippen LogP contribution is 2.38. The molecule has 1 aliphatic carbocycles. The van der Waals surface area contributed by atoms with Crippen molar-refractivity contribution in [1.29, 1.82) is 0 Å². The van der Waals surface area contributed by atoms with E-state index < -0.39 is 0 Å². The fourth-order valence-electron chi connectivity index (χ4n) is 2.54. The summed E-state index contributed by atoms with van der Waals surface area (Å²) in [6.07, 6.45) is 2.74. The van der Waals surface area contributed by atoms with Crippen LogP contribution in [0, 0.1) is 5.82 Å². The van der Waals surface area contributed by atoms with Crippen molar-refractivity contribution >= 4 is 5.88 Å². The molecular formula is C13H13FN2O. The van der Waals surface area contributed by atoms with E-state index in [-0.39, 0.29) is 11.7 Å². The Morgan fingerprint density at radius 1 is 1.35 bits per heavy atom. The number of fused-ring (bicyclic) bond motifs is 1. The number of aromatic nitrogens is 1. The van der Waals surface area contributed by atoms with Crippen LogP contribution in [-0.2, 0) is 6.42 Å². The zero-order chi connectivity index (χ0) is 11.8. The van der Waals surface area contributed by atoms with E-state index in [9.17, 15) is 4.39 Å². The molecular weight excluding hydrogens is 219 g/mol. The van der Waals surface area contributed by atoms with Crippen molar-refractivity contribution < 1.29 is 8.91 Å². The molecule has 0 saturated heterocycles. The van der Waals surface area contributed by atoms with Crippen LogP contribution in [0.15, 0.2) is 28.8 Å². The van der Waals surface area contributed by atoms with Gasteiger partial charge in [-0.05, 0) is 30.9 Å². The Morgan fingerprint density at radius 2 is 2.18 bits per heavy atom. The monoisotopic (exact) mass is 232 g/mol. The average molecular weight is 232 g/mol. The summed E-state index contributed by atoms with van der Waals surface area (Å²) in [5.74, 6) is 0.161. The minimum atomic E-state index is -0.188. The molecule has 3 nitrogen and oxygen atoms in total.